The third kappa shape index (κ3) is 2.71. The second-order valence-electron chi connectivity index (χ2n) is 3.14. The molecule has 5 heteroatoms. The Morgan fingerprint density at radius 2 is 2.38 bits per heavy atom. The van der Waals surface area contributed by atoms with Crippen LogP contribution in [0.5, 0.6) is 0 Å². The van der Waals surface area contributed by atoms with E-state index < -0.39 is 6.10 Å². The number of aliphatic hydroxyl groups is 1. The number of nitrogens with zero attached hydrogens (tertiary/aromatic N) is 1. The number of aromatic amines is 1. The summed E-state index contributed by atoms with van der Waals surface area (Å²) in [7, 11) is 0. The fourth-order valence-corrected chi connectivity index (χ4v) is 0.944. The zero-order chi connectivity index (χ0) is 9.84. The van der Waals surface area contributed by atoms with Crippen LogP contribution in [0.1, 0.15) is 25.5 Å². The van der Waals surface area contributed by atoms with Crippen LogP contribution in [-0.4, -0.2) is 28.0 Å². The van der Waals surface area contributed by atoms with Crippen LogP contribution in [-0.2, 0) is 4.74 Å². The van der Waals surface area contributed by atoms with Crippen molar-refractivity contribution >= 4 is 5.82 Å². The Hall–Kier alpha value is -1.07. The van der Waals surface area contributed by atoms with Gasteiger partial charge in [-0.05, 0) is 13.8 Å². The maximum atomic E-state index is 9.57. The van der Waals surface area contributed by atoms with Gasteiger partial charge in [0.15, 0.2) is 0 Å². The van der Waals surface area contributed by atoms with Crippen molar-refractivity contribution in [2.24, 2.45) is 0 Å². The van der Waals surface area contributed by atoms with E-state index in [1.54, 1.807) is 0 Å². The fraction of sp³-hybridized carbons (Fsp3) is 0.625. The predicted octanol–water partition coefficient (Wildman–Crippen LogP) is 0.450. The van der Waals surface area contributed by atoms with Crippen molar-refractivity contribution in [1.82, 2.24) is 10.2 Å². The maximum Gasteiger partial charge on any atom is 0.124 e. The summed E-state index contributed by atoms with van der Waals surface area (Å²) >= 11 is 0. The Bertz CT molecular complexity index is 260. The summed E-state index contributed by atoms with van der Waals surface area (Å²) in [6.07, 6.45) is 0.896. The molecule has 0 fully saturated rings. The number of anilines is 1. The molecule has 13 heavy (non-hydrogen) atoms. The fourth-order valence-electron chi connectivity index (χ4n) is 0.944. The summed E-state index contributed by atoms with van der Waals surface area (Å²) < 4.78 is 5.24. The lowest BCUT2D eigenvalue weighted by Crippen LogP contribution is -2.12. The van der Waals surface area contributed by atoms with Gasteiger partial charge in [-0.15, -0.1) is 0 Å². The van der Waals surface area contributed by atoms with Crippen molar-refractivity contribution in [3.05, 3.63) is 11.8 Å². The lowest BCUT2D eigenvalue weighted by atomic mass is 10.2. The van der Waals surface area contributed by atoms with Crippen molar-refractivity contribution in [3.63, 3.8) is 0 Å². The highest BCUT2D eigenvalue weighted by Gasteiger charge is 2.13. The third-order valence-corrected chi connectivity index (χ3v) is 1.65. The van der Waals surface area contributed by atoms with Gasteiger partial charge in [0.25, 0.3) is 0 Å². The SMILES string of the molecule is CC(C)OCC(O)c1cn[nH]c1N. The number of nitrogens with one attached hydrogen (secondary N) is 1. The molecule has 0 spiro atoms. The average Bonchev–Trinajstić information content (AvgIpc) is 2.47. The van der Waals surface area contributed by atoms with Gasteiger partial charge >= 0.3 is 0 Å². The second-order valence-corrected chi connectivity index (χ2v) is 3.14. The van der Waals surface area contributed by atoms with E-state index in [0.29, 0.717) is 11.4 Å². The number of ether oxygens (including phenoxy) is 1. The van der Waals surface area contributed by atoms with Crippen LogP contribution in [0, 0.1) is 0 Å². The molecule has 0 amide bonds. The molecule has 1 aromatic rings. The average molecular weight is 185 g/mol. The van der Waals surface area contributed by atoms with E-state index in [9.17, 15) is 5.11 Å². The minimum atomic E-state index is -0.707. The van der Waals surface area contributed by atoms with Crippen molar-refractivity contribution in [1.29, 1.82) is 0 Å². The van der Waals surface area contributed by atoms with Crippen molar-refractivity contribution in [3.8, 4) is 0 Å². The monoisotopic (exact) mass is 185 g/mol. The number of hydrogen-bond acceptors (Lipinski definition) is 4. The minimum Gasteiger partial charge on any atom is -0.386 e. The van der Waals surface area contributed by atoms with Crippen LogP contribution in [0.3, 0.4) is 0 Å². The first-order chi connectivity index (χ1) is 6.11. The Labute approximate surface area is 76.9 Å². The molecule has 1 unspecified atom stereocenters. The molecule has 0 aliphatic carbocycles. The highest BCUT2D eigenvalue weighted by Crippen LogP contribution is 2.17. The van der Waals surface area contributed by atoms with Crippen molar-refractivity contribution < 1.29 is 9.84 Å². The first-order valence-corrected chi connectivity index (χ1v) is 4.19. The summed E-state index contributed by atoms with van der Waals surface area (Å²) in [5, 5.41) is 15.8. The maximum absolute atomic E-state index is 9.57. The van der Waals surface area contributed by atoms with E-state index in [2.05, 4.69) is 10.2 Å². The van der Waals surface area contributed by atoms with E-state index in [1.807, 2.05) is 13.8 Å². The Kier molecular flexibility index (Phi) is 3.27. The van der Waals surface area contributed by atoms with E-state index in [-0.39, 0.29) is 12.7 Å². The molecule has 1 rings (SSSR count). The number of nitrogen functional groups attached to an aromatic ring is 1. The molecule has 0 saturated heterocycles. The smallest absolute Gasteiger partial charge is 0.124 e. The zero-order valence-corrected chi connectivity index (χ0v) is 7.82. The number of aliphatic hydroxyl groups excluding tert-OH is 1. The van der Waals surface area contributed by atoms with E-state index >= 15 is 0 Å². The molecular formula is C8H15N3O2. The van der Waals surface area contributed by atoms with Crippen LogP contribution in [0.15, 0.2) is 6.20 Å². The summed E-state index contributed by atoms with van der Waals surface area (Å²) in [4.78, 5) is 0. The van der Waals surface area contributed by atoms with Crippen LogP contribution in [0.4, 0.5) is 5.82 Å². The Morgan fingerprint density at radius 1 is 1.69 bits per heavy atom. The van der Waals surface area contributed by atoms with Gasteiger partial charge < -0.3 is 15.6 Å². The topological polar surface area (TPSA) is 84.2 Å². The van der Waals surface area contributed by atoms with E-state index in [4.69, 9.17) is 10.5 Å². The first kappa shape index (κ1) is 10.0. The molecule has 1 atom stereocenters. The number of rotatable bonds is 4. The van der Waals surface area contributed by atoms with Crippen molar-refractivity contribution in [2.75, 3.05) is 12.3 Å². The molecular weight excluding hydrogens is 170 g/mol. The zero-order valence-electron chi connectivity index (χ0n) is 7.82. The molecule has 0 bridgehead atoms. The largest absolute Gasteiger partial charge is 0.386 e. The molecule has 5 nitrogen and oxygen atoms in total. The Morgan fingerprint density at radius 3 is 2.85 bits per heavy atom. The summed E-state index contributed by atoms with van der Waals surface area (Å²) in [6.45, 7) is 4.05. The minimum absolute atomic E-state index is 0.0998. The molecule has 1 aromatic heterocycles. The van der Waals surface area contributed by atoms with E-state index in [0.717, 1.165) is 0 Å². The van der Waals surface area contributed by atoms with Gasteiger partial charge in [-0.25, -0.2) is 0 Å². The molecule has 74 valence electrons. The van der Waals surface area contributed by atoms with Gasteiger partial charge in [-0.2, -0.15) is 5.10 Å². The molecule has 4 N–H and O–H groups in total. The predicted molar refractivity (Wildman–Crippen MR) is 49.0 cm³/mol. The third-order valence-electron chi connectivity index (χ3n) is 1.65. The lowest BCUT2D eigenvalue weighted by Gasteiger charge is -2.12. The Balaban J connectivity index is 2.49. The molecule has 0 aliphatic heterocycles. The number of H-pyrrole nitrogens is 1. The van der Waals surface area contributed by atoms with Gasteiger partial charge in [0.2, 0.25) is 0 Å². The van der Waals surface area contributed by atoms with Crippen LogP contribution in [0.2, 0.25) is 0 Å². The van der Waals surface area contributed by atoms with Gasteiger partial charge in [0.05, 0.1) is 18.9 Å². The van der Waals surface area contributed by atoms with Gasteiger partial charge in [0.1, 0.15) is 11.9 Å². The van der Waals surface area contributed by atoms with Crippen molar-refractivity contribution in [2.45, 2.75) is 26.1 Å². The van der Waals surface area contributed by atoms with Gasteiger partial charge in [0, 0.05) is 5.56 Å². The van der Waals surface area contributed by atoms with Gasteiger partial charge in [-0.1, -0.05) is 0 Å². The molecule has 0 aromatic carbocycles. The second kappa shape index (κ2) is 4.25. The summed E-state index contributed by atoms with van der Waals surface area (Å²) in [6, 6.07) is 0. The van der Waals surface area contributed by atoms with Crippen LogP contribution >= 0.6 is 0 Å². The molecule has 0 aliphatic rings. The lowest BCUT2D eigenvalue weighted by molar-refractivity contribution is 0.00522. The summed E-state index contributed by atoms with van der Waals surface area (Å²) in [5.41, 5.74) is 6.10. The first-order valence-electron chi connectivity index (χ1n) is 4.19. The number of nitrogens with two attached hydrogens (primary N) is 1. The summed E-state index contributed by atoms with van der Waals surface area (Å²) in [5.74, 6) is 0.389. The standard InChI is InChI=1S/C8H15N3O2/c1-5(2)13-4-7(12)6-3-10-11-8(6)9/h3,5,7,12H,4H2,1-2H3,(H3,9,10,11). The highest BCUT2D eigenvalue weighted by atomic mass is 16.5. The van der Waals surface area contributed by atoms with E-state index in [1.165, 1.54) is 6.20 Å². The van der Waals surface area contributed by atoms with Gasteiger partial charge in [-0.3, -0.25) is 5.10 Å². The van der Waals surface area contributed by atoms with Crippen LogP contribution < -0.4 is 5.73 Å². The quantitative estimate of drug-likeness (QED) is 0.636. The van der Waals surface area contributed by atoms with Crippen LogP contribution in [0.25, 0.3) is 0 Å². The number of aromatic nitrogens is 2. The number of hydrogen-bond donors (Lipinski definition) is 3. The molecule has 0 saturated carbocycles. The highest BCUT2D eigenvalue weighted by molar-refractivity contribution is 5.38. The molecule has 0 radical (unpaired) electrons. The molecule has 1 heterocycles. The normalized spacial score (nSPS) is 13.5.